The molecule has 0 radical (unpaired) electrons. The van der Waals surface area contributed by atoms with Gasteiger partial charge in [0.2, 0.25) is 0 Å². The molecule has 0 saturated carbocycles. The SMILES string of the molecule is CO[C@@H](Cc1ccc(OCC(=O)NCc2ccccc2)cc1)C(=O)O. The maximum Gasteiger partial charge on any atom is 0.333 e. The lowest BCUT2D eigenvalue weighted by molar-refractivity contribution is -0.148. The first-order valence-corrected chi connectivity index (χ1v) is 7.86. The summed E-state index contributed by atoms with van der Waals surface area (Å²) in [4.78, 5) is 22.7. The number of ether oxygens (including phenoxy) is 2. The van der Waals surface area contributed by atoms with Crippen molar-refractivity contribution in [1.29, 1.82) is 0 Å². The van der Waals surface area contributed by atoms with Crippen molar-refractivity contribution in [3.63, 3.8) is 0 Å². The molecule has 1 amide bonds. The summed E-state index contributed by atoms with van der Waals surface area (Å²) in [6, 6.07) is 16.5. The molecule has 0 aliphatic heterocycles. The predicted molar refractivity (Wildman–Crippen MR) is 92.4 cm³/mol. The molecule has 2 rings (SSSR count). The number of nitrogens with one attached hydrogen (secondary N) is 1. The lowest BCUT2D eigenvalue weighted by atomic mass is 10.1. The van der Waals surface area contributed by atoms with Gasteiger partial charge in [0, 0.05) is 20.1 Å². The third-order valence-corrected chi connectivity index (χ3v) is 3.61. The van der Waals surface area contributed by atoms with Gasteiger partial charge in [-0.2, -0.15) is 0 Å². The highest BCUT2D eigenvalue weighted by molar-refractivity contribution is 5.77. The fourth-order valence-electron chi connectivity index (χ4n) is 2.20. The summed E-state index contributed by atoms with van der Waals surface area (Å²) in [5, 5.41) is 11.8. The maximum absolute atomic E-state index is 11.8. The van der Waals surface area contributed by atoms with Crippen LogP contribution in [0.1, 0.15) is 11.1 Å². The van der Waals surface area contributed by atoms with Crippen molar-refractivity contribution in [3.8, 4) is 5.75 Å². The van der Waals surface area contributed by atoms with E-state index in [0.29, 0.717) is 12.3 Å². The number of aliphatic carboxylic acids is 1. The van der Waals surface area contributed by atoms with Gasteiger partial charge in [0.05, 0.1) is 0 Å². The fourth-order valence-corrected chi connectivity index (χ4v) is 2.20. The zero-order valence-electron chi connectivity index (χ0n) is 14.0. The summed E-state index contributed by atoms with van der Waals surface area (Å²) >= 11 is 0. The lowest BCUT2D eigenvalue weighted by Gasteiger charge is -2.11. The molecule has 6 nitrogen and oxygen atoms in total. The largest absolute Gasteiger partial charge is 0.484 e. The Morgan fingerprint density at radius 1 is 1.04 bits per heavy atom. The van der Waals surface area contributed by atoms with Crippen LogP contribution >= 0.6 is 0 Å². The number of benzene rings is 2. The van der Waals surface area contributed by atoms with Crippen LogP contribution in [-0.2, 0) is 27.3 Å². The average molecular weight is 343 g/mol. The van der Waals surface area contributed by atoms with Crippen molar-refractivity contribution in [2.45, 2.75) is 19.1 Å². The number of carboxylic acids is 1. The van der Waals surface area contributed by atoms with Gasteiger partial charge in [0.15, 0.2) is 12.7 Å². The highest BCUT2D eigenvalue weighted by Gasteiger charge is 2.16. The Balaban J connectivity index is 1.77. The Hall–Kier alpha value is -2.86. The Morgan fingerprint density at radius 2 is 1.72 bits per heavy atom. The molecule has 2 N–H and O–H groups in total. The minimum absolute atomic E-state index is 0.0813. The van der Waals surface area contributed by atoms with Crippen LogP contribution in [0.2, 0.25) is 0 Å². The van der Waals surface area contributed by atoms with Crippen molar-refractivity contribution in [1.82, 2.24) is 5.32 Å². The van der Waals surface area contributed by atoms with Crippen LogP contribution < -0.4 is 10.1 Å². The van der Waals surface area contributed by atoms with Crippen LogP contribution in [0.25, 0.3) is 0 Å². The molecule has 6 heteroatoms. The number of carbonyl (C=O) groups is 2. The first kappa shape index (κ1) is 18.5. The number of amides is 1. The second-order valence-electron chi connectivity index (χ2n) is 5.46. The number of hydrogen-bond donors (Lipinski definition) is 2. The van der Waals surface area contributed by atoms with Crippen molar-refractivity contribution < 1.29 is 24.2 Å². The molecule has 0 heterocycles. The predicted octanol–water partition coefficient (Wildman–Crippen LogP) is 2.02. The molecule has 132 valence electrons. The van der Waals surface area contributed by atoms with Crippen LogP contribution in [-0.4, -0.2) is 36.8 Å². The number of carbonyl (C=O) groups excluding carboxylic acids is 1. The monoisotopic (exact) mass is 343 g/mol. The molecule has 1 atom stereocenters. The standard InChI is InChI=1S/C19H21NO5/c1-24-17(19(22)23)11-14-7-9-16(10-8-14)25-13-18(21)20-12-15-5-3-2-4-6-15/h2-10,17H,11-13H2,1H3,(H,20,21)(H,22,23)/t17-/m0/s1. The van der Waals surface area contributed by atoms with Gasteiger partial charge in [-0.15, -0.1) is 0 Å². The summed E-state index contributed by atoms with van der Waals surface area (Å²) in [6.07, 6.45) is -0.612. The first-order valence-electron chi connectivity index (χ1n) is 7.86. The second-order valence-corrected chi connectivity index (χ2v) is 5.46. The van der Waals surface area contributed by atoms with Crippen LogP contribution in [0, 0.1) is 0 Å². The fraction of sp³-hybridized carbons (Fsp3) is 0.263. The van der Waals surface area contributed by atoms with E-state index < -0.39 is 12.1 Å². The average Bonchev–Trinajstić information content (AvgIpc) is 2.64. The van der Waals surface area contributed by atoms with Crippen molar-refractivity contribution in [2.24, 2.45) is 0 Å². The van der Waals surface area contributed by atoms with Gasteiger partial charge >= 0.3 is 5.97 Å². The molecule has 0 unspecified atom stereocenters. The van der Waals surface area contributed by atoms with E-state index in [-0.39, 0.29) is 18.9 Å². The van der Waals surface area contributed by atoms with E-state index in [1.807, 2.05) is 30.3 Å². The van der Waals surface area contributed by atoms with E-state index in [0.717, 1.165) is 11.1 Å². The molecule has 0 bridgehead atoms. The van der Waals surface area contributed by atoms with Crippen molar-refractivity contribution >= 4 is 11.9 Å². The lowest BCUT2D eigenvalue weighted by Crippen LogP contribution is -2.28. The zero-order chi connectivity index (χ0) is 18.1. The van der Waals surface area contributed by atoms with Gasteiger partial charge in [-0.05, 0) is 23.3 Å². The summed E-state index contributed by atoms with van der Waals surface area (Å²) in [5.74, 6) is -0.668. The Kier molecular flexibility index (Phi) is 6.98. The molecule has 0 aromatic heterocycles. The van der Waals surface area contributed by atoms with Crippen molar-refractivity contribution in [2.75, 3.05) is 13.7 Å². The summed E-state index contributed by atoms with van der Waals surface area (Å²) in [5.41, 5.74) is 1.83. The third-order valence-electron chi connectivity index (χ3n) is 3.61. The molecule has 2 aromatic rings. The molecule has 0 fully saturated rings. The number of hydrogen-bond acceptors (Lipinski definition) is 4. The summed E-state index contributed by atoms with van der Waals surface area (Å²) in [6.45, 7) is 0.373. The Bertz CT molecular complexity index is 685. The summed E-state index contributed by atoms with van der Waals surface area (Å²) in [7, 11) is 1.37. The van der Waals surface area contributed by atoms with Crippen LogP contribution in [0.4, 0.5) is 0 Å². The van der Waals surface area contributed by atoms with Gasteiger partial charge < -0.3 is 19.9 Å². The summed E-state index contributed by atoms with van der Waals surface area (Å²) < 4.78 is 10.3. The molecular formula is C19H21NO5. The molecule has 25 heavy (non-hydrogen) atoms. The van der Waals surface area contributed by atoms with Gasteiger partial charge in [-0.3, -0.25) is 4.79 Å². The number of rotatable bonds is 9. The van der Waals surface area contributed by atoms with Crippen LogP contribution in [0.5, 0.6) is 5.75 Å². The Labute approximate surface area is 146 Å². The zero-order valence-corrected chi connectivity index (χ0v) is 14.0. The van der Waals surface area contributed by atoms with E-state index in [1.165, 1.54) is 7.11 Å². The number of methoxy groups -OCH3 is 1. The van der Waals surface area contributed by atoms with Gasteiger partial charge in [0.1, 0.15) is 5.75 Å². The van der Waals surface area contributed by atoms with Gasteiger partial charge in [-0.1, -0.05) is 42.5 Å². The van der Waals surface area contributed by atoms with E-state index in [9.17, 15) is 9.59 Å². The minimum Gasteiger partial charge on any atom is -0.484 e. The minimum atomic E-state index is -1.00. The molecule has 0 saturated heterocycles. The Morgan fingerprint density at radius 3 is 2.32 bits per heavy atom. The highest BCUT2D eigenvalue weighted by atomic mass is 16.5. The topological polar surface area (TPSA) is 84.9 Å². The van der Waals surface area contributed by atoms with E-state index >= 15 is 0 Å². The van der Waals surface area contributed by atoms with Crippen molar-refractivity contribution in [3.05, 3.63) is 65.7 Å². The second kappa shape index (κ2) is 9.44. The smallest absolute Gasteiger partial charge is 0.333 e. The van der Waals surface area contributed by atoms with E-state index in [4.69, 9.17) is 14.6 Å². The first-order chi connectivity index (χ1) is 12.1. The van der Waals surface area contributed by atoms with Gasteiger partial charge in [-0.25, -0.2) is 4.79 Å². The third kappa shape index (κ3) is 6.27. The molecule has 0 aliphatic rings. The highest BCUT2D eigenvalue weighted by Crippen LogP contribution is 2.14. The van der Waals surface area contributed by atoms with E-state index in [1.54, 1.807) is 24.3 Å². The molecular weight excluding hydrogens is 322 g/mol. The molecule has 2 aromatic carbocycles. The van der Waals surface area contributed by atoms with E-state index in [2.05, 4.69) is 5.32 Å². The molecule has 0 aliphatic carbocycles. The quantitative estimate of drug-likeness (QED) is 0.728. The molecule has 0 spiro atoms. The van der Waals surface area contributed by atoms with Gasteiger partial charge in [0.25, 0.3) is 5.91 Å². The van der Waals surface area contributed by atoms with Crippen LogP contribution in [0.15, 0.2) is 54.6 Å². The maximum atomic E-state index is 11.8. The normalized spacial score (nSPS) is 11.6. The van der Waals surface area contributed by atoms with Crippen LogP contribution in [0.3, 0.4) is 0 Å². The number of carboxylic acid groups (broad SMARTS) is 1.